The Labute approximate surface area is 90.9 Å². The molecule has 1 saturated carbocycles. The summed E-state index contributed by atoms with van der Waals surface area (Å²) in [6.07, 6.45) is 1.82. The molecular formula is C13H18O2. The molecule has 1 aromatic rings. The molecule has 0 spiro atoms. The second-order valence-electron chi connectivity index (χ2n) is 4.54. The molecule has 0 amide bonds. The van der Waals surface area contributed by atoms with Crippen molar-refractivity contribution in [2.75, 3.05) is 7.11 Å². The Morgan fingerprint density at radius 1 is 1.40 bits per heavy atom. The number of aryl methyl sites for hydroxylation is 1. The second-order valence-corrected chi connectivity index (χ2v) is 4.54. The summed E-state index contributed by atoms with van der Waals surface area (Å²) >= 11 is 0. The van der Waals surface area contributed by atoms with E-state index < -0.39 is 0 Å². The minimum Gasteiger partial charge on any atom is -0.496 e. The van der Waals surface area contributed by atoms with E-state index in [1.807, 2.05) is 19.9 Å². The second kappa shape index (κ2) is 3.53. The Kier molecular flexibility index (Phi) is 2.47. The number of aliphatic hydroxyl groups excluding tert-OH is 1. The van der Waals surface area contributed by atoms with E-state index in [0.29, 0.717) is 0 Å². The van der Waals surface area contributed by atoms with Crippen LogP contribution in [0.1, 0.15) is 30.9 Å². The SMILES string of the molecule is COc1cc(C)ccc1C1(C(C)O)CC1. The molecule has 0 saturated heterocycles. The van der Waals surface area contributed by atoms with Crippen LogP contribution in [0.4, 0.5) is 0 Å². The van der Waals surface area contributed by atoms with Crippen LogP contribution in [0.2, 0.25) is 0 Å². The van der Waals surface area contributed by atoms with Gasteiger partial charge in [-0.1, -0.05) is 12.1 Å². The molecule has 1 aromatic carbocycles. The minimum atomic E-state index is -0.297. The number of hydrogen-bond acceptors (Lipinski definition) is 2. The van der Waals surface area contributed by atoms with Crippen LogP contribution in [0, 0.1) is 6.92 Å². The standard InChI is InChI=1S/C13H18O2/c1-9-4-5-11(12(8-9)15-3)13(6-7-13)10(2)14/h4-5,8,10,14H,6-7H2,1-3H3. The van der Waals surface area contributed by atoms with Gasteiger partial charge in [0.2, 0.25) is 0 Å². The summed E-state index contributed by atoms with van der Waals surface area (Å²) in [5.41, 5.74) is 2.31. The van der Waals surface area contributed by atoms with E-state index in [2.05, 4.69) is 12.1 Å². The first kappa shape index (κ1) is 10.5. The maximum absolute atomic E-state index is 9.83. The predicted molar refractivity (Wildman–Crippen MR) is 60.3 cm³/mol. The fourth-order valence-corrected chi connectivity index (χ4v) is 2.26. The molecule has 1 fully saturated rings. The molecule has 2 rings (SSSR count). The topological polar surface area (TPSA) is 29.5 Å². The average molecular weight is 206 g/mol. The summed E-state index contributed by atoms with van der Waals surface area (Å²) < 4.78 is 5.39. The van der Waals surface area contributed by atoms with Crippen molar-refractivity contribution in [3.63, 3.8) is 0 Å². The van der Waals surface area contributed by atoms with E-state index >= 15 is 0 Å². The van der Waals surface area contributed by atoms with Crippen LogP contribution < -0.4 is 4.74 Å². The van der Waals surface area contributed by atoms with Crippen LogP contribution in [0.15, 0.2) is 18.2 Å². The molecule has 15 heavy (non-hydrogen) atoms. The molecule has 1 aliphatic carbocycles. The Morgan fingerprint density at radius 3 is 2.53 bits per heavy atom. The first-order chi connectivity index (χ1) is 7.10. The van der Waals surface area contributed by atoms with Gasteiger partial charge in [0.15, 0.2) is 0 Å². The molecule has 0 bridgehead atoms. The third-order valence-electron chi connectivity index (χ3n) is 3.48. The van der Waals surface area contributed by atoms with Crippen molar-refractivity contribution in [3.8, 4) is 5.75 Å². The van der Waals surface area contributed by atoms with E-state index in [1.54, 1.807) is 7.11 Å². The molecule has 2 nitrogen and oxygen atoms in total. The highest BCUT2D eigenvalue weighted by atomic mass is 16.5. The molecule has 0 aromatic heterocycles. The van der Waals surface area contributed by atoms with E-state index in [-0.39, 0.29) is 11.5 Å². The van der Waals surface area contributed by atoms with Crippen LogP contribution >= 0.6 is 0 Å². The number of rotatable bonds is 3. The number of hydrogen-bond donors (Lipinski definition) is 1. The monoisotopic (exact) mass is 206 g/mol. The molecule has 1 aliphatic rings. The third kappa shape index (κ3) is 1.63. The normalized spacial score (nSPS) is 19.7. The van der Waals surface area contributed by atoms with E-state index in [9.17, 15) is 5.11 Å². The van der Waals surface area contributed by atoms with Crippen LogP contribution in [0.5, 0.6) is 5.75 Å². The highest BCUT2D eigenvalue weighted by Crippen LogP contribution is 2.53. The Balaban J connectivity index is 2.44. The molecule has 0 heterocycles. The molecule has 1 N–H and O–H groups in total. The molecule has 82 valence electrons. The maximum atomic E-state index is 9.83. The van der Waals surface area contributed by atoms with Gasteiger partial charge in [0, 0.05) is 11.0 Å². The highest BCUT2D eigenvalue weighted by molar-refractivity contribution is 5.46. The van der Waals surface area contributed by atoms with Gasteiger partial charge < -0.3 is 9.84 Å². The third-order valence-corrected chi connectivity index (χ3v) is 3.48. The minimum absolute atomic E-state index is 0.0426. The van der Waals surface area contributed by atoms with E-state index in [0.717, 1.165) is 24.2 Å². The zero-order chi connectivity index (χ0) is 11.1. The van der Waals surface area contributed by atoms with Crippen molar-refractivity contribution in [2.24, 2.45) is 0 Å². The molecule has 0 radical (unpaired) electrons. The lowest BCUT2D eigenvalue weighted by Crippen LogP contribution is -2.23. The van der Waals surface area contributed by atoms with E-state index in [1.165, 1.54) is 5.56 Å². The van der Waals surface area contributed by atoms with Gasteiger partial charge in [-0.3, -0.25) is 0 Å². The first-order valence-electron chi connectivity index (χ1n) is 5.43. The van der Waals surface area contributed by atoms with Crippen molar-refractivity contribution in [1.29, 1.82) is 0 Å². The zero-order valence-electron chi connectivity index (χ0n) is 9.58. The summed E-state index contributed by atoms with van der Waals surface area (Å²) in [5.74, 6) is 0.911. The average Bonchev–Trinajstić information content (AvgIpc) is 2.98. The Morgan fingerprint density at radius 2 is 2.07 bits per heavy atom. The van der Waals surface area contributed by atoms with Crippen molar-refractivity contribution in [3.05, 3.63) is 29.3 Å². The molecule has 1 unspecified atom stereocenters. The fourth-order valence-electron chi connectivity index (χ4n) is 2.26. The number of ether oxygens (including phenoxy) is 1. The van der Waals surface area contributed by atoms with Gasteiger partial charge in [-0.2, -0.15) is 0 Å². The number of benzene rings is 1. The molecule has 0 aliphatic heterocycles. The van der Waals surface area contributed by atoms with Gasteiger partial charge in [0.05, 0.1) is 13.2 Å². The smallest absolute Gasteiger partial charge is 0.122 e. The summed E-state index contributed by atoms with van der Waals surface area (Å²) in [5, 5.41) is 9.83. The lowest BCUT2D eigenvalue weighted by Gasteiger charge is -2.21. The van der Waals surface area contributed by atoms with Crippen molar-refractivity contribution in [2.45, 2.75) is 38.2 Å². The molecular weight excluding hydrogens is 188 g/mol. The lowest BCUT2D eigenvalue weighted by atomic mass is 9.89. The van der Waals surface area contributed by atoms with Gasteiger partial charge in [0.1, 0.15) is 5.75 Å². The summed E-state index contributed by atoms with van der Waals surface area (Å²) in [7, 11) is 1.69. The van der Waals surface area contributed by atoms with E-state index in [4.69, 9.17) is 4.74 Å². The fraction of sp³-hybridized carbons (Fsp3) is 0.538. The van der Waals surface area contributed by atoms with Crippen LogP contribution in [0.3, 0.4) is 0 Å². The van der Waals surface area contributed by atoms with Gasteiger partial charge in [-0.15, -0.1) is 0 Å². The largest absolute Gasteiger partial charge is 0.496 e. The van der Waals surface area contributed by atoms with Gasteiger partial charge in [0.25, 0.3) is 0 Å². The first-order valence-corrected chi connectivity index (χ1v) is 5.43. The number of aliphatic hydroxyl groups is 1. The Hall–Kier alpha value is -1.02. The van der Waals surface area contributed by atoms with Gasteiger partial charge >= 0.3 is 0 Å². The van der Waals surface area contributed by atoms with Crippen molar-refractivity contribution in [1.82, 2.24) is 0 Å². The lowest BCUT2D eigenvalue weighted by molar-refractivity contribution is 0.149. The quantitative estimate of drug-likeness (QED) is 0.823. The molecule has 2 heteroatoms. The van der Waals surface area contributed by atoms with Crippen LogP contribution in [-0.4, -0.2) is 18.3 Å². The summed E-state index contributed by atoms with van der Waals surface area (Å²) in [4.78, 5) is 0. The zero-order valence-corrected chi connectivity index (χ0v) is 9.58. The molecule has 1 atom stereocenters. The van der Waals surface area contributed by atoms with Crippen LogP contribution in [-0.2, 0) is 5.41 Å². The van der Waals surface area contributed by atoms with Gasteiger partial charge in [-0.25, -0.2) is 0 Å². The summed E-state index contributed by atoms with van der Waals surface area (Å²) in [6.45, 7) is 3.92. The Bertz CT molecular complexity index is 365. The van der Waals surface area contributed by atoms with Crippen molar-refractivity contribution < 1.29 is 9.84 Å². The van der Waals surface area contributed by atoms with Crippen molar-refractivity contribution >= 4 is 0 Å². The highest BCUT2D eigenvalue weighted by Gasteiger charge is 2.49. The van der Waals surface area contributed by atoms with Gasteiger partial charge in [-0.05, 0) is 38.3 Å². The number of methoxy groups -OCH3 is 1. The van der Waals surface area contributed by atoms with Crippen LogP contribution in [0.25, 0.3) is 0 Å². The maximum Gasteiger partial charge on any atom is 0.122 e. The summed E-state index contributed by atoms with van der Waals surface area (Å²) in [6, 6.07) is 6.21. The predicted octanol–water partition coefficient (Wildman–Crippen LogP) is 2.42.